The Morgan fingerprint density at radius 2 is 2.00 bits per heavy atom. The van der Waals surface area contributed by atoms with Gasteiger partial charge in [-0.2, -0.15) is 0 Å². The standard InChI is InChI=1S/C18H22N2OS.ClH/c1-13(15-11-19-12-15)18(21)20-16(17-8-5-9-22-17)10-14-6-3-2-4-7-14;/h2-9,13,15-16,19H,10-12H2,1H3,(H,20,21);1H. The predicted molar refractivity (Wildman–Crippen MR) is 98.1 cm³/mol. The maximum atomic E-state index is 12.5. The molecule has 0 radical (unpaired) electrons. The van der Waals surface area contributed by atoms with Crippen molar-refractivity contribution in [1.82, 2.24) is 10.6 Å². The molecule has 2 N–H and O–H groups in total. The summed E-state index contributed by atoms with van der Waals surface area (Å²) in [5.41, 5.74) is 1.25. The zero-order chi connectivity index (χ0) is 15.4. The fourth-order valence-corrected chi connectivity index (χ4v) is 3.52. The highest BCUT2D eigenvalue weighted by Crippen LogP contribution is 2.24. The Labute approximate surface area is 147 Å². The van der Waals surface area contributed by atoms with Gasteiger partial charge < -0.3 is 10.6 Å². The molecule has 0 saturated carbocycles. The largest absolute Gasteiger partial charge is 0.348 e. The summed E-state index contributed by atoms with van der Waals surface area (Å²) in [6, 6.07) is 14.6. The molecule has 5 heteroatoms. The number of nitrogens with one attached hydrogen (secondary N) is 2. The number of rotatable bonds is 6. The maximum Gasteiger partial charge on any atom is 0.223 e. The molecule has 2 atom stereocenters. The van der Waals surface area contributed by atoms with Gasteiger partial charge in [0.1, 0.15) is 0 Å². The van der Waals surface area contributed by atoms with E-state index in [-0.39, 0.29) is 30.3 Å². The summed E-state index contributed by atoms with van der Waals surface area (Å²) in [5, 5.41) is 8.57. The molecule has 1 aliphatic heterocycles. The Balaban J connectivity index is 0.00000192. The molecule has 1 aromatic heterocycles. The number of thiophene rings is 1. The van der Waals surface area contributed by atoms with Crippen molar-refractivity contribution in [2.75, 3.05) is 13.1 Å². The van der Waals surface area contributed by atoms with Crippen molar-refractivity contribution in [2.24, 2.45) is 11.8 Å². The van der Waals surface area contributed by atoms with Gasteiger partial charge in [-0.05, 0) is 42.4 Å². The number of hydrogen-bond acceptors (Lipinski definition) is 3. The molecule has 1 aromatic carbocycles. The predicted octanol–water partition coefficient (Wildman–Crippen LogP) is 3.43. The van der Waals surface area contributed by atoms with E-state index < -0.39 is 0 Å². The zero-order valence-corrected chi connectivity index (χ0v) is 14.8. The van der Waals surface area contributed by atoms with Gasteiger partial charge in [0.05, 0.1) is 6.04 Å². The molecular formula is C18H23ClN2OS. The van der Waals surface area contributed by atoms with Gasteiger partial charge in [0.25, 0.3) is 0 Å². The van der Waals surface area contributed by atoms with Crippen LogP contribution in [0, 0.1) is 11.8 Å². The van der Waals surface area contributed by atoms with Crippen LogP contribution < -0.4 is 10.6 Å². The van der Waals surface area contributed by atoms with Crippen molar-refractivity contribution >= 4 is 29.7 Å². The third kappa shape index (κ3) is 4.56. The van der Waals surface area contributed by atoms with Crippen LogP contribution in [0.3, 0.4) is 0 Å². The van der Waals surface area contributed by atoms with Crippen molar-refractivity contribution in [3.05, 3.63) is 58.3 Å². The van der Waals surface area contributed by atoms with E-state index in [9.17, 15) is 4.79 Å². The Bertz CT molecular complexity index is 599. The van der Waals surface area contributed by atoms with E-state index in [0.29, 0.717) is 5.92 Å². The van der Waals surface area contributed by atoms with Crippen LogP contribution >= 0.6 is 23.7 Å². The van der Waals surface area contributed by atoms with Crippen LogP contribution in [0.25, 0.3) is 0 Å². The normalized spacial score (nSPS) is 16.7. The van der Waals surface area contributed by atoms with Crippen LogP contribution in [-0.4, -0.2) is 19.0 Å². The van der Waals surface area contributed by atoms with Gasteiger partial charge in [0.15, 0.2) is 0 Å². The molecule has 1 aliphatic rings. The van der Waals surface area contributed by atoms with Crippen LogP contribution in [0.2, 0.25) is 0 Å². The molecule has 3 rings (SSSR count). The van der Waals surface area contributed by atoms with Gasteiger partial charge >= 0.3 is 0 Å². The van der Waals surface area contributed by atoms with Crippen LogP contribution in [0.15, 0.2) is 47.8 Å². The fourth-order valence-electron chi connectivity index (χ4n) is 2.74. The first-order valence-electron chi connectivity index (χ1n) is 7.82. The second-order valence-electron chi connectivity index (χ2n) is 5.97. The topological polar surface area (TPSA) is 41.1 Å². The molecule has 1 fully saturated rings. The SMILES string of the molecule is CC(C(=O)NC(Cc1ccccc1)c1cccs1)C1CNC1.Cl. The number of carbonyl (C=O) groups excluding carboxylic acids is 1. The van der Waals surface area contributed by atoms with Gasteiger partial charge in [0, 0.05) is 10.8 Å². The highest BCUT2D eigenvalue weighted by molar-refractivity contribution is 7.10. The third-order valence-electron chi connectivity index (χ3n) is 4.42. The average Bonchev–Trinajstić information content (AvgIpc) is 3.00. The van der Waals surface area contributed by atoms with Crippen LogP contribution in [0.1, 0.15) is 23.4 Å². The molecule has 1 saturated heterocycles. The van der Waals surface area contributed by atoms with Crippen LogP contribution in [-0.2, 0) is 11.2 Å². The molecule has 2 heterocycles. The summed E-state index contributed by atoms with van der Waals surface area (Å²) in [7, 11) is 0. The lowest BCUT2D eigenvalue weighted by Crippen LogP contribution is -2.50. The molecule has 1 amide bonds. The molecule has 3 nitrogen and oxygen atoms in total. The van der Waals surface area contributed by atoms with E-state index in [4.69, 9.17) is 0 Å². The Morgan fingerprint density at radius 1 is 1.26 bits per heavy atom. The fraction of sp³-hybridized carbons (Fsp3) is 0.389. The minimum absolute atomic E-state index is 0. The number of amides is 1. The first-order chi connectivity index (χ1) is 10.7. The lowest BCUT2D eigenvalue weighted by atomic mass is 9.88. The van der Waals surface area contributed by atoms with Crippen molar-refractivity contribution in [3.8, 4) is 0 Å². The first kappa shape index (κ1) is 18.0. The van der Waals surface area contributed by atoms with E-state index >= 15 is 0 Å². The van der Waals surface area contributed by atoms with Gasteiger partial charge in [-0.1, -0.05) is 43.3 Å². The molecule has 0 bridgehead atoms. The summed E-state index contributed by atoms with van der Waals surface area (Å²) in [6.07, 6.45) is 0.836. The van der Waals surface area contributed by atoms with Crippen molar-refractivity contribution in [1.29, 1.82) is 0 Å². The molecule has 124 valence electrons. The second-order valence-corrected chi connectivity index (χ2v) is 6.95. The molecule has 2 unspecified atom stereocenters. The van der Waals surface area contributed by atoms with E-state index in [2.05, 4.69) is 34.2 Å². The Kier molecular flexibility index (Phi) is 6.63. The highest BCUT2D eigenvalue weighted by atomic mass is 35.5. The van der Waals surface area contributed by atoms with Gasteiger partial charge in [-0.3, -0.25) is 4.79 Å². The molecule has 0 aliphatic carbocycles. The van der Waals surface area contributed by atoms with Crippen LogP contribution in [0.4, 0.5) is 0 Å². The number of carbonyl (C=O) groups is 1. The van der Waals surface area contributed by atoms with Crippen molar-refractivity contribution < 1.29 is 4.79 Å². The molecular weight excluding hydrogens is 328 g/mol. The minimum atomic E-state index is 0. The van der Waals surface area contributed by atoms with Gasteiger partial charge in [-0.25, -0.2) is 0 Å². The lowest BCUT2D eigenvalue weighted by molar-refractivity contribution is -0.127. The summed E-state index contributed by atoms with van der Waals surface area (Å²) >= 11 is 1.71. The smallest absolute Gasteiger partial charge is 0.223 e. The molecule has 0 spiro atoms. The zero-order valence-electron chi connectivity index (χ0n) is 13.2. The van der Waals surface area contributed by atoms with E-state index in [1.807, 2.05) is 31.2 Å². The first-order valence-corrected chi connectivity index (χ1v) is 8.70. The number of hydrogen-bond donors (Lipinski definition) is 2. The minimum Gasteiger partial charge on any atom is -0.348 e. The maximum absolute atomic E-state index is 12.5. The molecule has 2 aromatic rings. The van der Waals surface area contributed by atoms with E-state index in [0.717, 1.165) is 19.5 Å². The Morgan fingerprint density at radius 3 is 2.57 bits per heavy atom. The lowest BCUT2D eigenvalue weighted by Gasteiger charge is -2.32. The summed E-state index contributed by atoms with van der Waals surface area (Å²) < 4.78 is 0. The monoisotopic (exact) mass is 350 g/mol. The quantitative estimate of drug-likeness (QED) is 0.838. The second kappa shape index (κ2) is 8.48. The summed E-state index contributed by atoms with van der Waals surface area (Å²) in [5.74, 6) is 0.709. The third-order valence-corrected chi connectivity index (χ3v) is 5.41. The van der Waals surface area contributed by atoms with Gasteiger partial charge in [0.2, 0.25) is 5.91 Å². The van der Waals surface area contributed by atoms with Crippen molar-refractivity contribution in [3.63, 3.8) is 0 Å². The van der Waals surface area contributed by atoms with Crippen molar-refractivity contribution in [2.45, 2.75) is 19.4 Å². The van der Waals surface area contributed by atoms with Crippen LogP contribution in [0.5, 0.6) is 0 Å². The van der Waals surface area contributed by atoms with E-state index in [1.54, 1.807) is 11.3 Å². The highest BCUT2D eigenvalue weighted by Gasteiger charge is 2.30. The van der Waals surface area contributed by atoms with Gasteiger partial charge in [-0.15, -0.1) is 23.7 Å². The number of halogens is 1. The summed E-state index contributed by atoms with van der Waals surface area (Å²) in [6.45, 7) is 3.95. The van der Waals surface area contributed by atoms with E-state index in [1.165, 1.54) is 10.4 Å². The number of benzene rings is 1. The molecule has 23 heavy (non-hydrogen) atoms. The average molecular weight is 351 g/mol. The summed E-state index contributed by atoms with van der Waals surface area (Å²) in [4.78, 5) is 13.8. The Hall–Kier alpha value is -1.36.